The number of amides is 1. The first-order chi connectivity index (χ1) is 16.1. The molecule has 4 fully saturated rings. The van der Waals surface area contributed by atoms with E-state index in [1.54, 1.807) is 7.11 Å². The Balaban J connectivity index is 1.21. The molecule has 3 aliphatic heterocycles. The van der Waals surface area contributed by atoms with Gasteiger partial charge in [0.2, 0.25) is 0 Å². The normalized spacial score (nSPS) is 31.0. The summed E-state index contributed by atoms with van der Waals surface area (Å²) in [7, 11) is 1.65. The number of esters is 1. The van der Waals surface area contributed by atoms with Crippen molar-refractivity contribution in [3.8, 4) is 5.75 Å². The van der Waals surface area contributed by atoms with Gasteiger partial charge in [0, 0.05) is 43.3 Å². The van der Waals surface area contributed by atoms with Gasteiger partial charge in [-0.15, -0.1) is 0 Å². The molecule has 34 heavy (non-hydrogen) atoms. The fraction of sp³-hybridized carbons (Fsp3) is 0.654. The zero-order chi connectivity index (χ0) is 24.4. The smallest absolute Gasteiger partial charge is 0.313 e. The monoisotopic (exact) mass is 485 g/mol. The number of ether oxygens (including phenoxy) is 2. The van der Waals surface area contributed by atoms with Crippen molar-refractivity contribution in [2.75, 3.05) is 38.6 Å². The lowest BCUT2D eigenvalue weighted by molar-refractivity contribution is -0.173. The van der Waals surface area contributed by atoms with Crippen molar-refractivity contribution in [1.29, 1.82) is 0 Å². The highest BCUT2D eigenvalue weighted by molar-refractivity contribution is 7.80. The van der Waals surface area contributed by atoms with Crippen LogP contribution in [0.5, 0.6) is 5.75 Å². The molecule has 0 unspecified atom stereocenters. The van der Waals surface area contributed by atoms with E-state index in [2.05, 4.69) is 10.2 Å². The van der Waals surface area contributed by atoms with Gasteiger partial charge in [0.25, 0.3) is 5.91 Å². The molecule has 1 amide bonds. The van der Waals surface area contributed by atoms with Crippen LogP contribution >= 0.6 is 12.2 Å². The van der Waals surface area contributed by atoms with Crippen molar-refractivity contribution < 1.29 is 19.1 Å². The van der Waals surface area contributed by atoms with Crippen molar-refractivity contribution in [2.45, 2.75) is 58.5 Å². The minimum Gasteiger partial charge on any atom is -0.497 e. The topological polar surface area (TPSA) is 71.1 Å². The second kappa shape index (κ2) is 7.83. The molecule has 2 atom stereocenters. The fourth-order valence-corrected chi connectivity index (χ4v) is 6.88. The predicted octanol–water partition coefficient (Wildman–Crippen LogP) is 3.83. The van der Waals surface area contributed by atoms with Gasteiger partial charge in [0.05, 0.1) is 12.5 Å². The van der Waals surface area contributed by atoms with Gasteiger partial charge in [-0.3, -0.25) is 9.59 Å². The van der Waals surface area contributed by atoms with E-state index < -0.39 is 16.4 Å². The number of carbonyl (C=O) groups is 2. The highest BCUT2D eigenvalue weighted by Gasteiger charge is 2.76. The number of nitrogens with zero attached hydrogens (tertiary/aromatic N) is 2. The molecule has 0 aromatic heterocycles. The van der Waals surface area contributed by atoms with Crippen LogP contribution in [0.3, 0.4) is 0 Å². The SMILES string of the molecule is COc1cccc(NC(=S)N2CCC3(CCN(C(=O)[C@@]45CC[C@@](C)(C(=O)O4)C5(C)C)C3)CC2)c1. The number of rotatable bonds is 3. The summed E-state index contributed by atoms with van der Waals surface area (Å²) in [6.07, 6.45) is 4.32. The number of fused-ring (bicyclic) bond motifs is 2. The molecule has 7 nitrogen and oxygen atoms in total. The van der Waals surface area contributed by atoms with Gasteiger partial charge in [0.1, 0.15) is 5.75 Å². The number of carbonyl (C=O) groups excluding carboxylic acids is 2. The number of nitrogens with one attached hydrogen (secondary N) is 1. The summed E-state index contributed by atoms with van der Waals surface area (Å²) in [4.78, 5) is 30.6. The lowest BCUT2D eigenvalue weighted by Gasteiger charge is -2.41. The molecule has 1 saturated carbocycles. The third kappa shape index (κ3) is 3.24. The standard InChI is InChI=1S/C26H35N3O4S/c1-23(2)24(3)8-9-26(23,33-21(24)31)20(30)29-15-12-25(17-29)10-13-28(14-11-25)22(34)27-18-6-5-7-19(16-18)32-4/h5-7,16H,8-15,17H2,1-4H3,(H,27,34)/t24-,26+/m0/s1. The number of hydrogen-bond acceptors (Lipinski definition) is 5. The third-order valence-corrected chi connectivity index (χ3v) is 9.95. The van der Waals surface area contributed by atoms with Crippen molar-refractivity contribution >= 4 is 34.9 Å². The Morgan fingerprint density at radius 2 is 1.74 bits per heavy atom. The lowest BCUT2D eigenvalue weighted by Crippen LogP contribution is -2.55. The maximum Gasteiger partial charge on any atom is 0.313 e. The first kappa shape index (κ1) is 23.4. The average molecular weight is 486 g/mol. The van der Waals surface area contributed by atoms with Crippen LogP contribution < -0.4 is 10.1 Å². The van der Waals surface area contributed by atoms with Crippen LogP contribution in [0.15, 0.2) is 24.3 Å². The zero-order valence-electron chi connectivity index (χ0n) is 20.6. The quantitative estimate of drug-likeness (QED) is 0.515. The van der Waals surface area contributed by atoms with Crippen LogP contribution in [0.1, 0.15) is 52.9 Å². The molecular formula is C26H35N3O4S. The Hall–Kier alpha value is -2.35. The number of hydrogen-bond donors (Lipinski definition) is 1. The number of methoxy groups -OCH3 is 1. The van der Waals surface area contributed by atoms with E-state index >= 15 is 0 Å². The molecule has 0 radical (unpaired) electrons. The molecule has 1 N–H and O–H groups in total. The van der Waals surface area contributed by atoms with E-state index in [0.29, 0.717) is 6.42 Å². The second-order valence-electron chi connectivity index (χ2n) is 11.3. The van der Waals surface area contributed by atoms with E-state index in [1.807, 2.05) is 49.9 Å². The Kier molecular flexibility index (Phi) is 5.39. The number of benzene rings is 1. The van der Waals surface area contributed by atoms with Gasteiger partial charge in [0.15, 0.2) is 10.7 Å². The average Bonchev–Trinajstić information content (AvgIpc) is 3.37. The van der Waals surface area contributed by atoms with Crippen LogP contribution in [-0.4, -0.2) is 65.7 Å². The lowest BCUT2D eigenvalue weighted by atomic mass is 9.66. The van der Waals surface area contributed by atoms with E-state index in [4.69, 9.17) is 21.7 Å². The molecule has 3 saturated heterocycles. The molecule has 8 heteroatoms. The summed E-state index contributed by atoms with van der Waals surface area (Å²) in [5, 5.41) is 4.05. The molecule has 1 aromatic carbocycles. The summed E-state index contributed by atoms with van der Waals surface area (Å²) in [5.41, 5.74) is -1.04. The van der Waals surface area contributed by atoms with Gasteiger partial charge < -0.3 is 24.6 Å². The molecule has 4 aliphatic rings. The molecular weight excluding hydrogens is 450 g/mol. The maximum atomic E-state index is 13.8. The van der Waals surface area contributed by atoms with E-state index in [1.165, 1.54) is 0 Å². The Bertz CT molecular complexity index is 1030. The summed E-state index contributed by atoms with van der Waals surface area (Å²) in [6, 6.07) is 7.76. The van der Waals surface area contributed by atoms with Crippen LogP contribution in [0.4, 0.5) is 5.69 Å². The van der Waals surface area contributed by atoms with Gasteiger partial charge in [-0.05, 0) is 68.8 Å². The summed E-state index contributed by atoms with van der Waals surface area (Å²) < 4.78 is 11.2. The van der Waals surface area contributed by atoms with E-state index in [9.17, 15) is 9.59 Å². The summed E-state index contributed by atoms with van der Waals surface area (Å²) >= 11 is 5.68. The van der Waals surface area contributed by atoms with Crippen LogP contribution in [-0.2, 0) is 14.3 Å². The molecule has 5 rings (SSSR count). The largest absolute Gasteiger partial charge is 0.497 e. The van der Waals surface area contributed by atoms with Gasteiger partial charge in [-0.2, -0.15) is 0 Å². The minimum absolute atomic E-state index is 0.0154. The predicted molar refractivity (Wildman–Crippen MR) is 134 cm³/mol. The van der Waals surface area contributed by atoms with Crippen molar-refractivity contribution in [1.82, 2.24) is 9.80 Å². The Labute approximate surface area is 207 Å². The van der Waals surface area contributed by atoms with Crippen LogP contribution in [0, 0.1) is 16.2 Å². The van der Waals surface area contributed by atoms with Crippen molar-refractivity contribution in [3.63, 3.8) is 0 Å². The fourth-order valence-electron chi connectivity index (χ4n) is 6.58. The van der Waals surface area contributed by atoms with Gasteiger partial charge in [-0.25, -0.2) is 0 Å². The van der Waals surface area contributed by atoms with E-state index in [-0.39, 0.29) is 17.3 Å². The molecule has 3 heterocycles. The Morgan fingerprint density at radius 3 is 2.32 bits per heavy atom. The Morgan fingerprint density at radius 1 is 1.06 bits per heavy atom. The highest BCUT2D eigenvalue weighted by atomic mass is 32.1. The minimum atomic E-state index is -1.01. The summed E-state index contributed by atoms with van der Waals surface area (Å²) in [6.45, 7) is 9.22. The maximum absolute atomic E-state index is 13.8. The van der Waals surface area contributed by atoms with Crippen molar-refractivity contribution in [3.05, 3.63) is 24.3 Å². The first-order valence-electron chi connectivity index (χ1n) is 12.3. The molecule has 1 aromatic rings. The number of piperidine rings is 1. The number of anilines is 1. The molecule has 184 valence electrons. The van der Waals surface area contributed by atoms with Gasteiger partial charge >= 0.3 is 5.97 Å². The van der Waals surface area contributed by atoms with E-state index in [0.717, 1.165) is 68.4 Å². The van der Waals surface area contributed by atoms with Gasteiger partial charge in [-0.1, -0.05) is 19.9 Å². The zero-order valence-corrected chi connectivity index (χ0v) is 21.4. The molecule has 2 bridgehead atoms. The highest BCUT2D eigenvalue weighted by Crippen LogP contribution is 2.66. The molecule has 1 aliphatic carbocycles. The third-order valence-electron chi connectivity index (χ3n) is 9.59. The summed E-state index contributed by atoms with van der Waals surface area (Å²) in [5.74, 6) is 0.595. The van der Waals surface area contributed by atoms with Crippen LogP contribution in [0.2, 0.25) is 0 Å². The number of thiocarbonyl (C=S) groups is 1. The van der Waals surface area contributed by atoms with Crippen LogP contribution in [0.25, 0.3) is 0 Å². The first-order valence-corrected chi connectivity index (χ1v) is 12.7. The van der Waals surface area contributed by atoms with Crippen molar-refractivity contribution in [2.24, 2.45) is 16.2 Å². The second-order valence-corrected chi connectivity index (χ2v) is 11.7. The molecule has 1 spiro atoms. The number of likely N-dealkylation sites (tertiary alicyclic amines) is 2.